The first-order valence-corrected chi connectivity index (χ1v) is 8.27. The number of carbonyl (C=O) groups excluding carboxylic acids is 2. The fraction of sp³-hybridized carbons (Fsp3) is 0.158. The van der Waals surface area contributed by atoms with Gasteiger partial charge < -0.3 is 14.2 Å². The molecule has 142 valence electrons. The van der Waals surface area contributed by atoms with E-state index in [0.29, 0.717) is 27.8 Å². The summed E-state index contributed by atoms with van der Waals surface area (Å²) in [4.78, 5) is 23.6. The summed E-state index contributed by atoms with van der Waals surface area (Å²) in [6.45, 7) is -0.292. The fourth-order valence-corrected chi connectivity index (χ4v) is 2.23. The van der Waals surface area contributed by atoms with Crippen LogP contribution in [0.2, 0.25) is 5.02 Å². The Balaban J connectivity index is 1.82. The van der Waals surface area contributed by atoms with Gasteiger partial charge in [-0.1, -0.05) is 23.7 Å². The van der Waals surface area contributed by atoms with E-state index in [9.17, 15) is 9.59 Å². The second-order valence-corrected chi connectivity index (χ2v) is 5.60. The van der Waals surface area contributed by atoms with Crippen molar-refractivity contribution >= 4 is 29.5 Å². The fourth-order valence-electron chi connectivity index (χ4n) is 2.04. The summed E-state index contributed by atoms with van der Waals surface area (Å²) < 4.78 is 15.6. The Bertz CT molecular complexity index is 839. The Hall–Kier alpha value is -3.19. The molecule has 7 nitrogen and oxygen atoms in total. The van der Waals surface area contributed by atoms with Crippen LogP contribution in [0.1, 0.15) is 5.56 Å². The third-order valence-electron chi connectivity index (χ3n) is 3.38. The lowest BCUT2D eigenvalue weighted by Gasteiger charge is -2.09. The maximum atomic E-state index is 11.8. The van der Waals surface area contributed by atoms with Crippen molar-refractivity contribution in [3.63, 3.8) is 0 Å². The van der Waals surface area contributed by atoms with Gasteiger partial charge in [-0.25, -0.2) is 0 Å². The Kier molecular flexibility index (Phi) is 7.51. The molecule has 0 aliphatic heterocycles. The normalized spacial score (nSPS) is 10.3. The van der Waals surface area contributed by atoms with Crippen molar-refractivity contribution in [2.75, 3.05) is 20.8 Å². The number of benzene rings is 2. The van der Waals surface area contributed by atoms with Crippen LogP contribution in [-0.2, 0) is 9.59 Å². The van der Waals surface area contributed by atoms with Gasteiger partial charge in [0.15, 0.2) is 6.61 Å². The number of methoxy groups -OCH3 is 2. The van der Waals surface area contributed by atoms with Gasteiger partial charge in [-0.2, -0.15) is 0 Å². The molecule has 2 aromatic rings. The first kappa shape index (κ1) is 20.1. The second-order valence-electron chi connectivity index (χ2n) is 5.20. The van der Waals surface area contributed by atoms with Crippen molar-refractivity contribution in [1.29, 1.82) is 0 Å². The lowest BCUT2D eigenvalue weighted by Crippen LogP contribution is -2.43. The number of para-hydroxylation sites is 1. The van der Waals surface area contributed by atoms with Gasteiger partial charge in [0.25, 0.3) is 11.8 Å². The number of hydrogen-bond acceptors (Lipinski definition) is 5. The van der Waals surface area contributed by atoms with E-state index < -0.39 is 11.8 Å². The van der Waals surface area contributed by atoms with E-state index in [1.54, 1.807) is 55.7 Å². The number of halogens is 1. The van der Waals surface area contributed by atoms with E-state index in [2.05, 4.69) is 10.9 Å². The number of rotatable bonds is 7. The van der Waals surface area contributed by atoms with Gasteiger partial charge in [0.2, 0.25) is 0 Å². The van der Waals surface area contributed by atoms with Crippen molar-refractivity contribution in [3.8, 4) is 17.2 Å². The zero-order chi connectivity index (χ0) is 19.6. The first-order valence-electron chi connectivity index (χ1n) is 7.89. The zero-order valence-corrected chi connectivity index (χ0v) is 15.6. The highest BCUT2D eigenvalue weighted by molar-refractivity contribution is 6.32. The molecule has 0 spiro atoms. The molecular formula is C19H19ClN2O5. The van der Waals surface area contributed by atoms with E-state index in [0.717, 1.165) is 0 Å². The molecule has 0 fully saturated rings. The number of nitrogens with one attached hydrogen (secondary N) is 2. The Morgan fingerprint density at radius 2 is 1.81 bits per heavy atom. The minimum absolute atomic E-state index is 0.292. The molecule has 2 aromatic carbocycles. The van der Waals surface area contributed by atoms with Gasteiger partial charge in [0.05, 0.1) is 19.2 Å². The molecule has 0 atom stereocenters. The third kappa shape index (κ3) is 6.23. The molecule has 0 aromatic heterocycles. The SMILES string of the molecule is COc1ccc(/C=C/C(=O)NNC(=O)COc2ccccc2Cl)c(OC)c1. The standard InChI is InChI=1S/C19H19ClN2O5/c1-25-14-9-7-13(17(11-14)26-2)8-10-18(23)21-22-19(24)12-27-16-6-4-3-5-15(16)20/h3-11H,12H2,1-2H3,(H,21,23)(H,22,24)/b10-8+. The van der Waals surface area contributed by atoms with E-state index in [1.165, 1.54) is 13.2 Å². The third-order valence-corrected chi connectivity index (χ3v) is 3.69. The van der Waals surface area contributed by atoms with Crippen LogP contribution in [0.4, 0.5) is 0 Å². The van der Waals surface area contributed by atoms with Gasteiger partial charge in [-0.05, 0) is 30.3 Å². The average molecular weight is 391 g/mol. The molecule has 0 unspecified atom stereocenters. The number of carbonyl (C=O) groups is 2. The maximum Gasteiger partial charge on any atom is 0.276 e. The Labute approximate surface area is 161 Å². The highest BCUT2D eigenvalue weighted by Gasteiger charge is 2.07. The minimum atomic E-state index is -0.529. The predicted molar refractivity (Wildman–Crippen MR) is 102 cm³/mol. The number of hydrazine groups is 1. The molecule has 0 saturated heterocycles. The smallest absolute Gasteiger partial charge is 0.276 e. The van der Waals surface area contributed by atoms with Crippen molar-refractivity contribution < 1.29 is 23.8 Å². The molecule has 0 heterocycles. The van der Waals surface area contributed by atoms with Crippen molar-refractivity contribution in [3.05, 3.63) is 59.1 Å². The Morgan fingerprint density at radius 3 is 2.52 bits per heavy atom. The van der Waals surface area contributed by atoms with Crippen LogP contribution in [0.15, 0.2) is 48.5 Å². The van der Waals surface area contributed by atoms with Crippen molar-refractivity contribution in [1.82, 2.24) is 10.9 Å². The highest BCUT2D eigenvalue weighted by Crippen LogP contribution is 2.25. The zero-order valence-electron chi connectivity index (χ0n) is 14.8. The molecule has 0 aliphatic carbocycles. The largest absolute Gasteiger partial charge is 0.497 e. The van der Waals surface area contributed by atoms with Crippen LogP contribution in [-0.4, -0.2) is 32.6 Å². The minimum Gasteiger partial charge on any atom is -0.497 e. The molecule has 0 radical (unpaired) electrons. The van der Waals surface area contributed by atoms with Crippen LogP contribution < -0.4 is 25.1 Å². The molecular weight excluding hydrogens is 372 g/mol. The van der Waals surface area contributed by atoms with Gasteiger partial charge >= 0.3 is 0 Å². The quantitative estimate of drug-likeness (QED) is 0.560. The number of amides is 2. The molecule has 2 N–H and O–H groups in total. The summed E-state index contributed by atoms with van der Waals surface area (Å²) in [5.41, 5.74) is 5.19. The van der Waals surface area contributed by atoms with Gasteiger partial charge in [-0.3, -0.25) is 20.4 Å². The summed E-state index contributed by atoms with van der Waals surface area (Å²) in [7, 11) is 3.07. The monoisotopic (exact) mass is 390 g/mol. The van der Waals surface area contributed by atoms with E-state index >= 15 is 0 Å². The summed E-state index contributed by atoms with van der Waals surface area (Å²) in [6, 6.07) is 12.0. The molecule has 2 rings (SSSR count). The van der Waals surface area contributed by atoms with Crippen LogP contribution >= 0.6 is 11.6 Å². The van der Waals surface area contributed by atoms with E-state index in [1.807, 2.05) is 0 Å². The highest BCUT2D eigenvalue weighted by atomic mass is 35.5. The van der Waals surface area contributed by atoms with E-state index in [4.69, 9.17) is 25.8 Å². The summed E-state index contributed by atoms with van der Waals surface area (Å²) in [6.07, 6.45) is 2.82. The lowest BCUT2D eigenvalue weighted by molar-refractivity contribution is -0.128. The molecule has 0 bridgehead atoms. The molecule has 0 aliphatic rings. The summed E-state index contributed by atoms with van der Waals surface area (Å²) >= 11 is 5.92. The van der Waals surface area contributed by atoms with Crippen LogP contribution in [0.3, 0.4) is 0 Å². The van der Waals surface area contributed by atoms with Gasteiger partial charge in [0, 0.05) is 17.7 Å². The molecule has 8 heteroatoms. The lowest BCUT2D eigenvalue weighted by atomic mass is 10.1. The van der Waals surface area contributed by atoms with Crippen LogP contribution in [0, 0.1) is 0 Å². The number of ether oxygens (including phenoxy) is 3. The predicted octanol–water partition coefficient (Wildman–Crippen LogP) is 2.60. The average Bonchev–Trinajstić information content (AvgIpc) is 2.69. The van der Waals surface area contributed by atoms with Crippen LogP contribution in [0.5, 0.6) is 17.2 Å². The van der Waals surface area contributed by atoms with E-state index in [-0.39, 0.29) is 6.61 Å². The topological polar surface area (TPSA) is 85.9 Å². The van der Waals surface area contributed by atoms with Gasteiger partial charge in [-0.15, -0.1) is 0 Å². The first-order chi connectivity index (χ1) is 13.0. The van der Waals surface area contributed by atoms with Crippen LogP contribution in [0.25, 0.3) is 6.08 Å². The summed E-state index contributed by atoms with van der Waals surface area (Å²) in [5, 5.41) is 0.394. The number of hydrogen-bond donors (Lipinski definition) is 2. The van der Waals surface area contributed by atoms with Crippen molar-refractivity contribution in [2.45, 2.75) is 0 Å². The Morgan fingerprint density at radius 1 is 1.04 bits per heavy atom. The molecule has 0 saturated carbocycles. The molecule has 2 amide bonds. The van der Waals surface area contributed by atoms with Crippen molar-refractivity contribution in [2.24, 2.45) is 0 Å². The summed E-state index contributed by atoms with van der Waals surface area (Å²) in [5.74, 6) is 0.527. The second kappa shape index (κ2) is 10.1. The van der Waals surface area contributed by atoms with Gasteiger partial charge in [0.1, 0.15) is 17.2 Å². The molecule has 27 heavy (non-hydrogen) atoms. The maximum absolute atomic E-state index is 11.8.